The number of nitrogens with one attached hydrogen (secondary N) is 1. The van der Waals surface area contributed by atoms with Gasteiger partial charge in [0, 0.05) is 37.9 Å². The molecule has 1 aromatic heterocycles. The summed E-state index contributed by atoms with van der Waals surface area (Å²) >= 11 is 1.58. The Labute approximate surface area is 148 Å². The van der Waals surface area contributed by atoms with E-state index in [1.807, 2.05) is 6.26 Å². The Morgan fingerprint density at radius 1 is 1.08 bits per heavy atom. The van der Waals surface area contributed by atoms with Gasteiger partial charge in [-0.1, -0.05) is 23.9 Å². The summed E-state index contributed by atoms with van der Waals surface area (Å²) < 4.78 is 0. The van der Waals surface area contributed by atoms with Crippen molar-refractivity contribution in [3.63, 3.8) is 0 Å². The van der Waals surface area contributed by atoms with Gasteiger partial charge in [-0.25, -0.2) is 9.97 Å². The molecule has 0 radical (unpaired) electrons. The molecule has 1 aromatic carbocycles. The van der Waals surface area contributed by atoms with Crippen molar-refractivity contribution in [2.45, 2.75) is 19.0 Å². The number of hydrogen-bond acceptors (Lipinski definition) is 6. The van der Waals surface area contributed by atoms with Gasteiger partial charge in [0.1, 0.15) is 11.6 Å². The van der Waals surface area contributed by atoms with Crippen molar-refractivity contribution in [3.05, 3.63) is 35.4 Å². The SMILES string of the molecule is CSc1nc(Nc2cccc(C)c2C)cc(N2CCN(C)CC2)n1. The second-order valence-corrected chi connectivity index (χ2v) is 7.03. The molecule has 0 unspecified atom stereocenters. The van der Waals surface area contributed by atoms with Gasteiger partial charge in [0.2, 0.25) is 0 Å². The lowest BCUT2D eigenvalue weighted by atomic mass is 10.1. The number of nitrogens with zero attached hydrogens (tertiary/aromatic N) is 4. The number of hydrogen-bond donors (Lipinski definition) is 1. The Morgan fingerprint density at radius 3 is 2.54 bits per heavy atom. The second-order valence-electron chi connectivity index (χ2n) is 6.26. The number of anilines is 3. The molecule has 0 aliphatic carbocycles. The minimum atomic E-state index is 0.805. The Bertz CT molecular complexity index is 711. The van der Waals surface area contributed by atoms with Crippen molar-refractivity contribution in [1.29, 1.82) is 0 Å². The Morgan fingerprint density at radius 2 is 1.83 bits per heavy atom. The normalized spacial score (nSPS) is 15.6. The molecule has 2 aromatic rings. The van der Waals surface area contributed by atoms with Crippen LogP contribution in [0.5, 0.6) is 0 Å². The van der Waals surface area contributed by atoms with E-state index >= 15 is 0 Å². The van der Waals surface area contributed by atoms with Crippen LogP contribution in [0.25, 0.3) is 0 Å². The predicted molar refractivity (Wildman–Crippen MR) is 103 cm³/mol. The van der Waals surface area contributed by atoms with Gasteiger partial charge in [0.05, 0.1) is 0 Å². The third-order valence-corrected chi connectivity index (χ3v) is 5.12. The molecule has 1 saturated heterocycles. The summed E-state index contributed by atoms with van der Waals surface area (Å²) in [5.74, 6) is 1.87. The molecule has 1 N–H and O–H groups in total. The van der Waals surface area contributed by atoms with Crippen LogP contribution in [0, 0.1) is 13.8 Å². The molecule has 24 heavy (non-hydrogen) atoms. The fraction of sp³-hybridized carbons (Fsp3) is 0.444. The van der Waals surface area contributed by atoms with E-state index in [1.54, 1.807) is 11.8 Å². The van der Waals surface area contributed by atoms with Gasteiger partial charge >= 0.3 is 0 Å². The first-order valence-electron chi connectivity index (χ1n) is 8.26. The summed E-state index contributed by atoms with van der Waals surface area (Å²) in [5.41, 5.74) is 3.63. The molecule has 128 valence electrons. The number of thioether (sulfide) groups is 1. The van der Waals surface area contributed by atoms with E-state index in [0.29, 0.717) is 0 Å². The number of piperazine rings is 1. The average molecular weight is 344 g/mol. The van der Waals surface area contributed by atoms with Crippen LogP contribution in [0.15, 0.2) is 29.4 Å². The summed E-state index contributed by atoms with van der Waals surface area (Å²) in [7, 11) is 2.16. The van der Waals surface area contributed by atoms with Crippen LogP contribution in [0.3, 0.4) is 0 Å². The third-order valence-electron chi connectivity index (χ3n) is 4.57. The smallest absolute Gasteiger partial charge is 0.191 e. The van der Waals surface area contributed by atoms with Gasteiger partial charge in [0.15, 0.2) is 5.16 Å². The van der Waals surface area contributed by atoms with Crippen LogP contribution >= 0.6 is 11.8 Å². The zero-order valence-corrected chi connectivity index (χ0v) is 15.7. The molecular weight excluding hydrogens is 318 g/mol. The van der Waals surface area contributed by atoms with Gasteiger partial charge in [-0.05, 0) is 44.3 Å². The molecule has 6 heteroatoms. The lowest BCUT2D eigenvalue weighted by Crippen LogP contribution is -2.44. The number of rotatable bonds is 4. The first kappa shape index (κ1) is 17.0. The molecule has 2 heterocycles. The summed E-state index contributed by atoms with van der Waals surface area (Å²) in [5, 5.41) is 4.28. The highest BCUT2D eigenvalue weighted by atomic mass is 32.2. The van der Waals surface area contributed by atoms with Gasteiger partial charge in [-0.15, -0.1) is 0 Å². The maximum Gasteiger partial charge on any atom is 0.191 e. The summed E-state index contributed by atoms with van der Waals surface area (Å²) in [6, 6.07) is 8.36. The molecule has 1 aliphatic heterocycles. The zero-order valence-electron chi connectivity index (χ0n) is 14.8. The van der Waals surface area contributed by atoms with Crippen LogP contribution in [-0.4, -0.2) is 54.4 Å². The molecule has 0 saturated carbocycles. The lowest BCUT2D eigenvalue weighted by molar-refractivity contribution is 0.312. The lowest BCUT2D eigenvalue weighted by Gasteiger charge is -2.33. The van der Waals surface area contributed by atoms with Crippen molar-refractivity contribution in [3.8, 4) is 0 Å². The quantitative estimate of drug-likeness (QED) is 0.679. The largest absolute Gasteiger partial charge is 0.354 e. The highest BCUT2D eigenvalue weighted by molar-refractivity contribution is 7.98. The van der Waals surface area contributed by atoms with Crippen LogP contribution < -0.4 is 10.2 Å². The van der Waals surface area contributed by atoms with Crippen molar-refractivity contribution < 1.29 is 0 Å². The first-order chi connectivity index (χ1) is 11.6. The molecule has 1 fully saturated rings. The monoisotopic (exact) mass is 343 g/mol. The van der Waals surface area contributed by atoms with Crippen LogP contribution in [-0.2, 0) is 0 Å². The van der Waals surface area contributed by atoms with E-state index in [9.17, 15) is 0 Å². The number of aromatic nitrogens is 2. The van der Waals surface area contributed by atoms with E-state index in [0.717, 1.165) is 48.7 Å². The topological polar surface area (TPSA) is 44.3 Å². The molecule has 0 amide bonds. The fourth-order valence-corrected chi connectivity index (χ4v) is 3.16. The maximum atomic E-state index is 4.70. The van der Waals surface area contributed by atoms with Crippen LogP contribution in [0.4, 0.5) is 17.3 Å². The Balaban J connectivity index is 1.87. The number of aryl methyl sites for hydroxylation is 1. The first-order valence-corrected chi connectivity index (χ1v) is 9.49. The standard InChI is InChI=1S/C18H25N5S/c1-13-6-5-7-15(14(13)2)19-16-12-17(21-18(20-16)24-4)23-10-8-22(3)9-11-23/h5-7,12H,8-11H2,1-4H3,(H,19,20,21). The van der Waals surface area contributed by atoms with E-state index in [1.165, 1.54) is 11.1 Å². The Kier molecular flexibility index (Phi) is 5.26. The third kappa shape index (κ3) is 3.82. The van der Waals surface area contributed by atoms with Gasteiger partial charge in [-0.2, -0.15) is 0 Å². The predicted octanol–water partition coefficient (Wildman–Crippen LogP) is 3.31. The minimum absolute atomic E-state index is 0.805. The van der Waals surface area contributed by atoms with Gasteiger partial charge in [0.25, 0.3) is 0 Å². The summed E-state index contributed by atoms with van der Waals surface area (Å²) in [4.78, 5) is 14.0. The van der Waals surface area contributed by atoms with Crippen LogP contribution in [0.1, 0.15) is 11.1 Å². The summed E-state index contributed by atoms with van der Waals surface area (Å²) in [6.45, 7) is 8.41. The van der Waals surface area contributed by atoms with Crippen molar-refractivity contribution >= 4 is 29.1 Å². The number of likely N-dealkylation sites (N-methyl/N-ethyl adjacent to an activating group) is 1. The highest BCUT2D eigenvalue weighted by Gasteiger charge is 2.17. The molecule has 0 spiro atoms. The van der Waals surface area contributed by atoms with Crippen LogP contribution in [0.2, 0.25) is 0 Å². The molecule has 0 atom stereocenters. The molecule has 3 rings (SSSR count). The fourth-order valence-electron chi connectivity index (χ4n) is 2.79. The molecular formula is C18H25N5S. The van der Waals surface area contributed by atoms with Crippen molar-refractivity contribution in [1.82, 2.24) is 14.9 Å². The molecule has 5 nitrogen and oxygen atoms in total. The molecule has 0 bridgehead atoms. The minimum Gasteiger partial charge on any atom is -0.354 e. The maximum absolute atomic E-state index is 4.70. The second kappa shape index (κ2) is 7.40. The number of benzene rings is 1. The Hall–Kier alpha value is -1.79. The van der Waals surface area contributed by atoms with Gasteiger partial charge in [-0.3, -0.25) is 0 Å². The summed E-state index contributed by atoms with van der Waals surface area (Å²) in [6.07, 6.45) is 2.02. The van der Waals surface area contributed by atoms with E-state index in [-0.39, 0.29) is 0 Å². The highest BCUT2D eigenvalue weighted by Crippen LogP contribution is 2.26. The van der Waals surface area contributed by atoms with E-state index in [2.05, 4.69) is 65.3 Å². The van der Waals surface area contributed by atoms with E-state index < -0.39 is 0 Å². The van der Waals surface area contributed by atoms with Gasteiger partial charge < -0.3 is 15.1 Å². The van der Waals surface area contributed by atoms with Crippen molar-refractivity contribution in [2.24, 2.45) is 0 Å². The van der Waals surface area contributed by atoms with E-state index in [4.69, 9.17) is 4.98 Å². The van der Waals surface area contributed by atoms with Crippen molar-refractivity contribution in [2.75, 3.05) is 49.7 Å². The zero-order chi connectivity index (χ0) is 17.1. The molecule has 1 aliphatic rings. The average Bonchev–Trinajstić information content (AvgIpc) is 2.59.